The van der Waals surface area contributed by atoms with Gasteiger partial charge in [-0.05, 0) is 24.6 Å². The van der Waals surface area contributed by atoms with Crippen LogP contribution in [-0.2, 0) is 4.74 Å². The summed E-state index contributed by atoms with van der Waals surface area (Å²) in [5.41, 5.74) is 2.55. The van der Waals surface area contributed by atoms with Crippen molar-refractivity contribution in [3.63, 3.8) is 0 Å². The first kappa shape index (κ1) is 13.5. The highest BCUT2D eigenvalue weighted by atomic mass is 16.5. The molecule has 1 aromatic carbocycles. The maximum atomic E-state index is 11.3. The highest BCUT2D eigenvalue weighted by Crippen LogP contribution is 2.12. The lowest BCUT2D eigenvalue weighted by Crippen LogP contribution is -2.29. The zero-order valence-electron chi connectivity index (χ0n) is 9.94. The molecule has 0 fully saturated rings. The third-order valence-corrected chi connectivity index (χ3v) is 2.07. The number of carbonyl (C=O) groups excluding carboxylic acids is 1. The van der Waals surface area contributed by atoms with Crippen LogP contribution in [0.5, 0.6) is 5.75 Å². The van der Waals surface area contributed by atoms with Crippen molar-refractivity contribution in [3.8, 4) is 5.75 Å². The summed E-state index contributed by atoms with van der Waals surface area (Å²) in [4.78, 5) is 11.3. The predicted octanol–water partition coefficient (Wildman–Crippen LogP) is 1.10. The molecule has 94 valence electrons. The van der Waals surface area contributed by atoms with Crippen LogP contribution in [0.2, 0.25) is 0 Å². The van der Waals surface area contributed by atoms with Gasteiger partial charge < -0.3 is 9.47 Å². The summed E-state index contributed by atoms with van der Waals surface area (Å²) in [5.74, 6) is 5.34. The van der Waals surface area contributed by atoms with Gasteiger partial charge >= 0.3 is 0 Å². The van der Waals surface area contributed by atoms with Crippen LogP contribution in [0, 0.1) is 0 Å². The van der Waals surface area contributed by atoms with E-state index in [0.717, 1.165) is 13.0 Å². The van der Waals surface area contributed by atoms with Gasteiger partial charge in [0.15, 0.2) is 0 Å². The van der Waals surface area contributed by atoms with Crippen LogP contribution in [0.1, 0.15) is 23.7 Å². The first-order chi connectivity index (χ1) is 8.27. The molecule has 0 atom stereocenters. The predicted molar refractivity (Wildman–Crippen MR) is 64.7 cm³/mol. The molecule has 1 rings (SSSR count). The van der Waals surface area contributed by atoms with Gasteiger partial charge in [0.1, 0.15) is 12.4 Å². The molecule has 0 bridgehead atoms. The Kier molecular flexibility index (Phi) is 6.06. The number of nitrogens with one attached hydrogen (secondary N) is 1. The van der Waals surface area contributed by atoms with Crippen molar-refractivity contribution < 1.29 is 14.3 Å². The standard InChI is InChI=1S/C12H18N2O3/c1-2-6-16-7-8-17-11-5-3-4-10(9-11)12(15)14-13/h3-5,9H,2,6-8,13H2,1H3,(H,14,15). The lowest BCUT2D eigenvalue weighted by Gasteiger charge is -2.07. The average molecular weight is 238 g/mol. The Morgan fingerprint density at radius 3 is 2.88 bits per heavy atom. The van der Waals surface area contributed by atoms with Crippen molar-refractivity contribution >= 4 is 5.91 Å². The fourth-order valence-corrected chi connectivity index (χ4v) is 1.28. The number of nitrogen functional groups attached to an aromatic ring is 1. The Hall–Kier alpha value is -1.59. The number of hydrogen-bond donors (Lipinski definition) is 2. The van der Waals surface area contributed by atoms with Crippen LogP contribution in [0.4, 0.5) is 0 Å². The molecule has 1 amide bonds. The summed E-state index contributed by atoms with van der Waals surface area (Å²) in [6.45, 7) is 3.80. The normalized spacial score (nSPS) is 10.0. The van der Waals surface area contributed by atoms with Gasteiger partial charge in [0.2, 0.25) is 0 Å². The number of nitrogens with two attached hydrogens (primary N) is 1. The minimum Gasteiger partial charge on any atom is -0.491 e. The number of amides is 1. The summed E-state index contributed by atoms with van der Waals surface area (Å²) < 4.78 is 10.7. The summed E-state index contributed by atoms with van der Waals surface area (Å²) in [6, 6.07) is 6.84. The molecule has 0 aliphatic carbocycles. The second-order valence-corrected chi connectivity index (χ2v) is 3.46. The van der Waals surface area contributed by atoms with Gasteiger partial charge in [0.05, 0.1) is 6.61 Å². The van der Waals surface area contributed by atoms with E-state index in [1.165, 1.54) is 0 Å². The second kappa shape index (κ2) is 7.65. The Balaban J connectivity index is 2.40. The second-order valence-electron chi connectivity index (χ2n) is 3.46. The van der Waals surface area contributed by atoms with E-state index in [0.29, 0.717) is 24.5 Å². The fourth-order valence-electron chi connectivity index (χ4n) is 1.28. The molecule has 0 saturated carbocycles. The van der Waals surface area contributed by atoms with Crippen molar-refractivity contribution in [2.75, 3.05) is 19.8 Å². The molecule has 1 aromatic rings. The maximum absolute atomic E-state index is 11.3. The Bertz CT molecular complexity index is 355. The van der Waals surface area contributed by atoms with E-state index in [1.807, 2.05) is 0 Å². The molecule has 5 heteroatoms. The van der Waals surface area contributed by atoms with Crippen molar-refractivity contribution in [1.82, 2.24) is 5.43 Å². The van der Waals surface area contributed by atoms with Crippen LogP contribution < -0.4 is 16.0 Å². The van der Waals surface area contributed by atoms with Crippen LogP contribution >= 0.6 is 0 Å². The smallest absolute Gasteiger partial charge is 0.265 e. The summed E-state index contributed by atoms with van der Waals surface area (Å²) in [6.07, 6.45) is 0.992. The quantitative estimate of drug-likeness (QED) is 0.323. The van der Waals surface area contributed by atoms with Crippen LogP contribution in [0.15, 0.2) is 24.3 Å². The Labute approximate surface area is 101 Å². The van der Waals surface area contributed by atoms with Gasteiger partial charge in [0, 0.05) is 12.2 Å². The van der Waals surface area contributed by atoms with E-state index >= 15 is 0 Å². The largest absolute Gasteiger partial charge is 0.491 e. The SMILES string of the molecule is CCCOCCOc1cccc(C(=O)NN)c1. The van der Waals surface area contributed by atoms with Crippen LogP contribution in [0.3, 0.4) is 0 Å². The van der Waals surface area contributed by atoms with E-state index in [4.69, 9.17) is 15.3 Å². The van der Waals surface area contributed by atoms with E-state index in [9.17, 15) is 4.79 Å². The number of carbonyl (C=O) groups is 1. The Morgan fingerprint density at radius 1 is 1.35 bits per heavy atom. The molecule has 0 radical (unpaired) electrons. The number of hydrogen-bond acceptors (Lipinski definition) is 4. The highest BCUT2D eigenvalue weighted by Gasteiger charge is 2.04. The maximum Gasteiger partial charge on any atom is 0.265 e. The number of ether oxygens (including phenoxy) is 2. The first-order valence-electron chi connectivity index (χ1n) is 5.59. The minimum atomic E-state index is -0.335. The van der Waals surface area contributed by atoms with Crippen molar-refractivity contribution in [3.05, 3.63) is 29.8 Å². The summed E-state index contributed by atoms with van der Waals surface area (Å²) in [5, 5.41) is 0. The molecule has 0 unspecified atom stereocenters. The lowest BCUT2D eigenvalue weighted by molar-refractivity contribution is 0.0950. The molecule has 17 heavy (non-hydrogen) atoms. The molecule has 0 spiro atoms. The van der Waals surface area contributed by atoms with E-state index in [2.05, 4.69) is 12.3 Å². The third-order valence-electron chi connectivity index (χ3n) is 2.07. The lowest BCUT2D eigenvalue weighted by atomic mass is 10.2. The average Bonchev–Trinajstić information content (AvgIpc) is 2.38. The van der Waals surface area contributed by atoms with Gasteiger partial charge in [-0.15, -0.1) is 0 Å². The summed E-state index contributed by atoms with van der Waals surface area (Å²) >= 11 is 0. The Morgan fingerprint density at radius 2 is 2.18 bits per heavy atom. The van der Waals surface area contributed by atoms with Crippen LogP contribution in [0.25, 0.3) is 0 Å². The minimum absolute atomic E-state index is 0.335. The van der Waals surface area contributed by atoms with Gasteiger partial charge in [0.25, 0.3) is 5.91 Å². The zero-order valence-corrected chi connectivity index (χ0v) is 9.94. The number of rotatable bonds is 7. The fraction of sp³-hybridized carbons (Fsp3) is 0.417. The monoisotopic (exact) mass is 238 g/mol. The topological polar surface area (TPSA) is 73.6 Å². The molecular formula is C12H18N2O3. The molecule has 0 heterocycles. The molecule has 0 aliphatic rings. The first-order valence-corrected chi connectivity index (χ1v) is 5.59. The number of benzene rings is 1. The van der Waals surface area contributed by atoms with Crippen LogP contribution in [-0.4, -0.2) is 25.7 Å². The van der Waals surface area contributed by atoms with Gasteiger partial charge in [-0.2, -0.15) is 0 Å². The zero-order chi connectivity index (χ0) is 12.5. The molecule has 0 aromatic heterocycles. The van der Waals surface area contributed by atoms with Crippen molar-refractivity contribution in [2.24, 2.45) is 5.84 Å². The van der Waals surface area contributed by atoms with Gasteiger partial charge in [-0.25, -0.2) is 5.84 Å². The van der Waals surface area contributed by atoms with E-state index in [1.54, 1.807) is 24.3 Å². The molecule has 3 N–H and O–H groups in total. The highest BCUT2D eigenvalue weighted by molar-refractivity contribution is 5.94. The summed E-state index contributed by atoms with van der Waals surface area (Å²) in [7, 11) is 0. The third kappa shape index (κ3) is 4.84. The number of hydrazine groups is 1. The molecular weight excluding hydrogens is 220 g/mol. The van der Waals surface area contributed by atoms with E-state index < -0.39 is 0 Å². The molecule has 5 nitrogen and oxygen atoms in total. The van der Waals surface area contributed by atoms with Gasteiger partial charge in [-0.1, -0.05) is 13.0 Å². The molecule has 0 aliphatic heterocycles. The van der Waals surface area contributed by atoms with Crippen molar-refractivity contribution in [1.29, 1.82) is 0 Å². The van der Waals surface area contributed by atoms with Crippen molar-refractivity contribution in [2.45, 2.75) is 13.3 Å². The van der Waals surface area contributed by atoms with E-state index in [-0.39, 0.29) is 5.91 Å². The van der Waals surface area contributed by atoms with Gasteiger partial charge in [-0.3, -0.25) is 10.2 Å². The molecule has 0 saturated heterocycles.